The molecule has 1 aromatic carbocycles. The van der Waals surface area contributed by atoms with E-state index in [1.54, 1.807) is 49.7 Å². The van der Waals surface area contributed by atoms with Crippen molar-refractivity contribution in [3.63, 3.8) is 0 Å². The SMILES string of the molecule is CCNC(=O)[C@@H](C)NC(=O)c1ccc(Cn2nc(C)c([N+](=O)[O-])c2C)cc1. The fraction of sp³-hybridized carbons (Fsp3) is 0.389. The molecule has 2 aromatic rings. The van der Waals surface area contributed by atoms with Crippen LogP contribution in [0.15, 0.2) is 24.3 Å². The van der Waals surface area contributed by atoms with E-state index < -0.39 is 11.0 Å². The van der Waals surface area contributed by atoms with Gasteiger partial charge in [0.1, 0.15) is 17.4 Å². The fourth-order valence-electron chi connectivity index (χ4n) is 2.71. The molecule has 2 N–H and O–H groups in total. The molecule has 9 heteroatoms. The number of rotatable bonds is 7. The Morgan fingerprint density at radius 2 is 1.89 bits per heavy atom. The minimum atomic E-state index is -0.632. The zero-order chi connectivity index (χ0) is 20.1. The van der Waals surface area contributed by atoms with Crippen molar-refractivity contribution in [3.8, 4) is 0 Å². The molecule has 1 atom stereocenters. The van der Waals surface area contributed by atoms with Crippen LogP contribution in [0.1, 0.15) is 41.2 Å². The third-order valence-electron chi connectivity index (χ3n) is 4.17. The second-order valence-electron chi connectivity index (χ2n) is 6.22. The van der Waals surface area contributed by atoms with Crippen LogP contribution in [0.5, 0.6) is 0 Å². The molecule has 9 nitrogen and oxygen atoms in total. The van der Waals surface area contributed by atoms with Gasteiger partial charge >= 0.3 is 5.69 Å². The molecule has 2 amide bonds. The van der Waals surface area contributed by atoms with E-state index in [2.05, 4.69) is 15.7 Å². The Morgan fingerprint density at radius 1 is 1.26 bits per heavy atom. The summed E-state index contributed by atoms with van der Waals surface area (Å²) in [6.45, 7) is 7.54. The van der Waals surface area contributed by atoms with Crippen LogP contribution in [0.3, 0.4) is 0 Å². The Hall–Kier alpha value is -3.23. The zero-order valence-electron chi connectivity index (χ0n) is 15.8. The summed E-state index contributed by atoms with van der Waals surface area (Å²) in [5.74, 6) is -0.587. The lowest BCUT2D eigenvalue weighted by Gasteiger charge is -2.13. The van der Waals surface area contributed by atoms with Gasteiger partial charge in [-0.3, -0.25) is 24.4 Å². The zero-order valence-corrected chi connectivity index (χ0v) is 15.8. The highest BCUT2D eigenvalue weighted by atomic mass is 16.6. The van der Waals surface area contributed by atoms with Crippen LogP contribution in [-0.4, -0.2) is 39.1 Å². The van der Waals surface area contributed by atoms with Crippen molar-refractivity contribution in [1.82, 2.24) is 20.4 Å². The van der Waals surface area contributed by atoms with Crippen LogP contribution in [-0.2, 0) is 11.3 Å². The summed E-state index contributed by atoms with van der Waals surface area (Å²) in [6, 6.07) is 6.18. The number of nitro groups is 1. The molecule has 0 saturated heterocycles. The van der Waals surface area contributed by atoms with E-state index in [0.717, 1.165) is 5.56 Å². The lowest BCUT2D eigenvalue weighted by molar-refractivity contribution is -0.386. The van der Waals surface area contributed by atoms with Gasteiger partial charge in [-0.15, -0.1) is 0 Å². The third kappa shape index (κ3) is 4.69. The molecule has 0 radical (unpaired) electrons. The van der Waals surface area contributed by atoms with E-state index in [4.69, 9.17) is 0 Å². The van der Waals surface area contributed by atoms with E-state index in [-0.39, 0.29) is 17.5 Å². The van der Waals surface area contributed by atoms with Gasteiger partial charge in [-0.1, -0.05) is 12.1 Å². The van der Waals surface area contributed by atoms with Crippen molar-refractivity contribution < 1.29 is 14.5 Å². The highest BCUT2D eigenvalue weighted by Gasteiger charge is 2.21. The monoisotopic (exact) mass is 373 g/mol. The Balaban J connectivity index is 2.07. The number of benzene rings is 1. The summed E-state index contributed by atoms with van der Waals surface area (Å²) >= 11 is 0. The molecule has 0 aliphatic rings. The quantitative estimate of drug-likeness (QED) is 0.566. The van der Waals surface area contributed by atoms with Gasteiger partial charge < -0.3 is 10.6 Å². The molecule has 0 aliphatic heterocycles. The van der Waals surface area contributed by atoms with Crippen molar-refractivity contribution in [2.45, 2.75) is 40.3 Å². The highest BCUT2D eigenvalue weighted by molar-refractivity contribution is 5.97. The molecule has 1 heterocycles. The smallest absolute Gasteiger partial charge is 0.312 e. The average molecular weight is 373 g/mol. The average Bonchev–Trinajstić information content (AvgIpc) is 2.89. The number of carbonyl (C=O) groups excluding carboxylic acids is 2. The Kier molecular flexibility index (Phi) is 6.27. The van der Waals surface area contributed by atoms with Gasteiger partial charge in [-0.25, -0.2) is 0 Å². The van der Waals surface area contributed by atoms with Crippen LogP contribution in [0.4, 0.5) is 5.69 Å². The number of aryl methyl sites for hydroxylation is 1. The van der Waals surface area contributed by atoms with E-state index in [0.29, 0.717) is 30.0 Å². The predicted molar refractivity (Wildman–Crippen MR) is 99.5 cm³/mol. The molecule has 0 saturated carbocycles. The van der Waals surface area contributed by atoms with Crippen molar-refractivity contribution in [1.29, 1.82) is 0 Å². The first-order valence-corrected chi connectivity index (χ1v) is 8.60. The minimum Gasteiger partial charge on any atom is -0.355 e. The van der Waals surface area contributed by atoms with Crippen LogP contribution < -0.4 is 10.6 Å². The first-order valence-electron chi connectivity index (χ1n) is 8.60. The highest BCUT2D eigenvalue weighted by Crippen LogP contribution is 2.22. The molecular weight excluding hydrogens is 350 g/mol. The lowest BCUT2D eigenvalue weighted by Crippen LogP contribution is -2.44. The Morgan fingerprint density at radius 3 is 2.41 bits per heavy atom. The van der Waals surface area contributed by atoms with E-state index in [1.165, 1.54) is 0 Å². The first-order chi connectivity index (χ1) is 12.7. The first kappa shape index (κ1) is 20.1. The molecule has 0 unspecified atom stereocenters. The molecule has 27 heavy (non-hydrogen) atoms. The van der Waals surface area contributed by atoms with Crippen molar-refractivity contribution in [2.75, 3.05) is 6.54 Å². The van der Waals surface area contributed by atoms with Gasteiger partial charge in [-0.05, 0) is 45.4 Å². The topological polar surface area (TPSA) is 119 Å². The summed E-state index contributed by atoms with van der Waals surface area (Å²) in [7, 11) is 0. The molecule has 0 fully saturated rings. The van der Waals surface area contributed by atoms with Gasteiger partial charge in [0.05, 0.1) is 11.5 Å². The van der Waals surface area contributed by atoms with Crippen LogP contribution >= 0.6 is 0 Å². The number of carbonyl (C=O) groups is 2. The van der Waals surface area contributed by atoms with Crippen molar-refractivity contribution in [3.05, 3.63) is 56.9 Å². The summed E-state index contributed by atoms with van der Waals surface area (Å²) in [4.78, 5) is 34.6. The Bertz CT molecular complexity index is 857. The van der Waals surface area contributed by atoms with E-state index >= 15 is 0 Å². The number of nitrogens with one attached hydrogen (secondary N) is 2. The number of likely N-dealkylation sites (N-methyl/N-ethyl adjacent to an activating group) is 1. The van der Waals surface area contributed by atoms with Crippen molar-refractivity contribution in [2.24, 2.45) is 0 Å². The van der Waals surface area contributed by atoms with E-state index in [1.807, 2.05) is 6.92 Å². The number of hydrogen-bond donors (Lipinski definition) is 2. The third-order valence-corrected chi connectivity index (χ3v) is 4.17. The number of amides is 2. The maximum absolute atomic E-state index is 12.2. The summed E-state index contributed by atoms with van der Waals surface area (Å²) in [5.41, 5.74) is 2.14. The second-order valence-corrected chi connectivity index (χ2v) is 6.22. The van der Waals surface area contributed by atoms with Gasteiger partial charge in [0.25, 0.3) is 5.91 Å². The van der Waals surface area contributed by atoms with Gasteiger partial charge in [-0.2, -0.15) is 5.10 Å². The van der Waals surface area contributed by atoms with Crippen LogP contribution in [0.2, 0.25) is 0 Å². The van der Waals surface area contributed by atoms with Gasteiger partial charge in [0, 0.05) is 12.1 Å². The molecule has 2 rings (SSSR count). The minimum absolute atomic E-state index is 0.0188. The normalized spacial score (nSPS) is 11.7. The number of nitrogens with zero attached hydrogens (tertiary/aromatic N) is 3. The van der Waals surface area contributed by atoms with Gasteiger partial charge in [0.15, 0.2) is 0 Å². The number of aromatic nitrogens is 2. The molecule has 1 aromatic heterocycles. The van der Waals surface area contributed by atoms with Crippen LogP contribution in [0, 0.1) is 24.0 Å². The maximum atomic E-state index is 12.2. The number of hydrogen-bond acceptors (Lipinski definition) is 5. The molecule has 0 spiro atoms. The molecular formula is C18H23N5O4. The summed E-state index contributed by atoms with van der Waals surface area (Å²) < 4.78 is 1.57. The lowest BCUT2D eigenvalue weighted by atomic mass is 10.1. The molecule has 144 valence electrons. The molecule has 0 aliphatic carbocycles. The summed E-state index contributed by atoms with van der Waals surface area (Å²) in [5, 5.41) is 20.6. The van der Waals surface area contributed by atoms with E-state index in [9.17, 15) is 19.7 Å². The maximum Gasteiger partial charge on any atom is 0.312 e. The second kappa shape index (κ2) is 8.43. The summed E-state index contributed by atoms with van der Waals surface area (Å²) in [6.07, 6.45) is 0. The van der Waals surface area contributed by atoms with Crippen LogP contribution in [0.25, 0.3) is 0 Å². The molecule has 0 bridgehead atoms. The fourth-order valence-corrected chi connectivity index (χ4v) is 2.71. The Labute approximate surface area is 156 Å². The van der Waals surface area contributed by atoms with Gasteiger partial charge in [0.2, 0.25) is 5.91 Å². The predicted octanol–water partition coefficient (Wildman–Crippen LogP) is 1.71. The standard InChI is InChI=1S/C18H23N5O4/c1-5-19-17(24)12(3)20-18(25)15-8-6-14(7-9-15)10-22-13(4)16(23(26)27)11(2)21-22/h6-9,12H,5,10H2,1-4H3,(H,19,24)(H,20,25)/t12-/m1/s1. The largest absolute Gasteiger partial charge is 0.355 e. The van der Waals surface area contributed by atoms with Crippen molar-refractivity contribution >= 4 is 17.5 Å².